The first-order valence-electron chi connectivity index (χ1n) is 4.25. The van der Waals surface area contributed by atoms with Crippen LogP contribution in [-0.4, -0.2) is 15.0 Å². The van der Waals surface area contributed by atoms with Crippen molar-refractivity contribution >= 4 is 5.95 Å². The molecule has 0 aliphatic carbocycles. The first-order chi connectivity index (χ1) is 6.84. The summed E-state index contributed by atoms with van der Waals surface area (Å²) < 4.78 is 0. The molecule has 0 aliphatic heterocycles. The third-order valence-electron chi connectivity index (χ3n) is 1.79. The van der Waals surface area contributed by atoms with Gasteiger partial charge in [-0.3, -0.25) is 0 Å². The highest BCUT2D eigenvalue weighted by molar-refractivity contribution is 5.20. The molecule has 0 amide bonds. The summed E-state index contributed by atoms with van der Waals surface area (Å²) in [5.74, 6) is 0.856. The van der Waals surface area contributed by atoms with Gasteiger partial charge in [-0.1, -0.05) is 30.3 Å². The minimum Gasteiger partial charge on any atom is -0.368 e. The SMILES string of the molecule is Nc1n[c]nc(Cc2ccccc2)n1. The van der Waals surface area contributed by atoms with Gasteiger partial charge >= 0.3 is 0 Å². The first-order valence-corrected chi connectivity index (χ1v) is 4.25. The van der Waals surface area contributed by atoms with E-state index >= 15 is 0 Å². The van der Waals surface area contributed by atoms with Crippen molar-refractivity contribution in [2.75, 3.05) is 5.73 Å². The minimum atomic E-state index is 0.214. The molecule has 14 heavy (non-hydrogen) atoms. The lowest BCUT2D eigenvalue weighted by atomic mass is 10.1. The molecule has 0 bridgehead atoms. The second-order valence-electron chi connectivity index (χ2n) is 2.87. The first kappa shape index (κ1) is 8.62. The summed E-state index contributed by atoms with van der Waals surface area (Å²) in [7, 11) is 0. The second kappa shape index (κ2) is 3.83. The van der Waals surface area contributed by atoms with Gasteiger partial charge in [0.25, 0.3) is 0 Å². The van der Waals surface area contributed by atoms with Gasteiger partial charge in [-0.15, -0.1) is 0 Å². The maximum Gasteiger partial charge on any atom is 0.223 e. The molecule has 4 heteroatoms. The van der Waals surface area contributed by atoms with Crippen LogP contribution in [0.2, 0.25) is 0 Å². The highest BCUT2D eigenvalue weighted by Crippen LogP contribution is 2.04. The zero-order chi connectivity index (χ0) is 9.80. The normalized spacial score (nSPS) is 10.0. The zero-order valence-electron chi connectivity index (χ0n) is 7.51. The Bertz CT molecular complexity index is 413. The molecule has 0 saturated carbocycles. The highest BCUT2D eigenvalue weighted by atomic mass is 15.1. The predicted octanol–water partition coefficient (Wildman–Crippen LogP) is 0.845. The lowest BCUT2D eigenvalue weighted by molar-refractivity contribution is 0.922. The maximum absolute atomic E-state index is 5.42. The Morgan fingerprint density at radius 1 is 1.14 bits per heavy atom. The number of rotatable bonds is 2. The van der Waals surface area contributed by atoms with Gasteiger partial charge in [0.05, 0.1) is 0 Å². The molecule has 2 N–H and O–H groups in total. The summed E-state index contributed by atoms with van der Waals surface area (Å²) in [4.78, 5) is 11.5. The number of benzene rings is 1. The summed E-state index contributed by atoms with van der Waals surface area (Å²) in [5, 5.41) is 0. The lowest BCUT2D eigenvalue weighted by Crippen LogP contribution is -2.02. The number of hydrogen-bond donors (Lipinski definition) is 1. The molecule has 1 heterocycles. The van der Waals surface area contributed by atoms with E-state index in [1.54, 1.807) is 0 Å². The number of nitrogens with zero attached hydrogens (tertiary/aromatic N) is 3. The molecule has 2 rings (SSSR count). The molecule has 0 fully saturated rings. The van der Waals surface area contributed by atoms with Crippen LogP contribution in [0.5, 0.6) is 0 Å². The molecule has 69 valence electrons. The van der Waals surface area contributed by atoms with Crippen LogP contribution in [0.25, 0.3) is 0 Å². The second-order valence-corrected chi connectivity index (χ2v) is 2.87. The average Bonchev–Trinajstić information content (AvgIpc) is 2.19. The van der Waals surface area contributed by atoms with Gasteiger partial charge in [0, 0.05) is 6.42 Å². The Kier molecular flexibility index (Phi) is 2.36. The molecular weight excluding hydrogens is 176 g/mol. The van der Waals surface area contributed by atoms with Crippen molar-refractivity contribution in [3.8, 4) is 0 Å². The number of aromatic nitrogens is 3. The molecule has 0 unspecified atom stereocenters. The van der Waals surface area contributed by atoms with Gasteiger partial charge in [0.2, 0.25) is 12.3 Å². The Labute approximate surface area is 81.9 Å². The van der Waals surface area contributed by atoms with Crippen LogP contribution in [0.4, 0.5) is 5.95 Å². The van der Waals surface area contributed by atoms with Crippen LogP contribution in [0.15, 0.2) is 30.3 Å². The van der Waals surface area contributed by atoms with Crippen molar-refractivity contribution in [1.29, 1.82) is 0 Å². The average molecular weight is 185 g/mol. The summed E-state index contributed by atoms with van der Waals surface area (Å²) in [6.45, 7) is 0. The van der Waals surface area contributed by atoms with Crippen molar-refractivity contribution in [3.63, 3.8) is 0 Å². The monoisotopic (exact) mass is 185 g/mol. The van der Waals surface area contributed by atoms with E-state index in [2.05, 4.69) is 21.3 Å². The maximum atomic E-state index is 5.42. The molecule has 4 nitrogen and oxygen atoms in total. The third kappa shape index (κ3) is 2.04. The molecule has 0 saturated heterocycles. The summed E-state index contributed by atoms with van der Waals surface area (Å²) in [6.07, 6.45) is 3.12. The number of anilines is 1. The Morgan fingerprint density at radius 2 is 1.93 bits per heavy atom. The summed E-state index contributed by atoms with van der Waals surface area (Å²) in [5.41, 5.74) is 6.56. The molecule has 1 aromatic heterocycles. The van der Waals surface area contributed by atoms with E-state index in [1.165, 1.54) is 0 Å². The van der Waals surface area contributed by atoms with Gasteiger partial charge in [0.1, 0.15) is 5.82 Å². The fourth-order valence-electron chi connectivity index (χ4n) is 1.17. The van der Waals surface area contributed by atoms with Gasteiger partial charge in [-0.2, -0.15) is 9.97 Å². The summed E-state index contributed by atoms with van der Waals surface area (Å²) in [6, 6.07) is 9.95. The standard InChI is InChI=1S/C10H9N4/c11-10-13-7-12-9(14-10)6-8-4-2-1-3-5-8/h1-5H,6H2,(H2,11,12,13,14). The van der Waals surface area contributed by atoms with Gasteiger partial charge in [0.15, 0.2) is 0 Å². The third-order valence-corrected chi connectivity index (χ3v) is 1.79. The predicted molar refractivity (Wildman–Crippen MR) is 52.3 cm³/mol. The van der Waals surface area contributed by atoms with Crippen LogP contribution in [0.3, 0.4) is 0 Å². The number of hydrogen-bond acceptors (Lipinski definition) is 4. The van der Waals surface area contributed by atoms with Gasteiger partial charge in [-0.25, -0.2) is 4.98 Å². The van der Waals surface area contributed by atoms with E-state index < -0.39 is 0 Å². The van der Waals surface area contributed by atoms with Crippen molar-refractivity contribution < 1.29 is 0 Å². The van der Waals surface area contributed by atoms with E-state index in [0.717, 1.165) is 5.56 Å². The van der Waals surface area contributed by atoms with Crippen LogP contribution in [0, 0.1) is 6.33 Å². The van der Waals surface area contributed by atoms with E-state index in [9.17, 15) is 0 Å². The van der Waals surface area contributed by atoms with E-state index in [1.807, 2.05) is 30.3 Å². The molecule has 1 aromatic carbocycles. The van der Waals surface area contributed by atoms with Crippen molar-refractivity contribution in [2.24, 2.45) is 0 Å². The van der Waals surface area contributed by atoms with Crippen molar-refractivity contribution in [3.05, 3.63) is 48.0 Å². The van der Waals surface area contributed by atoms with Crippen LogP contribution >= 0.6 is 0 Å². The molecule has 0 aliphatic rings. The summed E-state index contributed by atoms with van der Waals surface area (Å²) >= 11 is 0. The number of nitrogens with two attached hydrogens (primary N) is 1. The van der Waals surface area contributed by atoms with Gasteiger partial charge in [-0.05, 0) is 5.56 Å². The van der Waals surface area contributed by atoms with Crippen LogP contribution in [0.1, 0.15) is 11.4 Å². The zero-order valence-corrected chi connectivity index (χ0v) is 7.51. The highest BCUT2D eigenvalue weighted by Gasteiger charge is 1.99. The van der Waals surface area contributed by atoms with Crippen LogP contribution < -0.4 is 5.73 Å². The fourth-order valence-corrected chi connectivity index (χ4v) is 1.17. The van der Waals surface area contributed by atoms with Crippen LogP contribution in [-0.2, 0) is 6.42 Å². The van der Waals surface area contributed by atoms with E-state index in [-0.39, 0.29) is 5.95 Å². The Morgan fingerprint density at radius 3 is 2.64 bits per heavy atom. The van der Waals surface area contributed by atoms with E-state index in [4.69, 9.17) is 5.73 Å². The minimum absolute atomic E-state index is 0.214. The fraction of sp³-hybridized carbons (Fsp3) is 0.100. The largest absolute Gasteiger partial charge is 0.368 e. The molecule has 0 atom stereocenters. The van der Waals surface area contributed by atoms with Crippen molar-refractivity contribution in [1.82, 2.24) is 15.0 Å². The van der Waals surface area contributed by atoms with E-state index in [0.29, 0.717) is 12.2 Å². The molecule has 0 spiro atoms. The molecule has 1 radical (unpaired) electrons. The number of nitrogen functional groups attached to an aromatic ring is 1. The molecule has 2 aromatic rings. The Balaban J connectivity index is 2.19. The van der Waals surface area contributed by atoms with Gasteiger partial charge < -0.3 is 5.73 Å². The van der Waals surface area contributed by atoms with Crippen molar-refractivity contribution in [2.45, 2.75) is 6.42 Å². The quantitative estimate of drug-likeness (QED) is 0.753. The molecular formula is C10H9N4. The smallest absolute Gasteiger partial charge is 0.223 e. The lowest BCUT2D eigenvalue weighted by Gasteiger charge is -1.99. The topological polar surface area (TPSA) is 64.7 Å². The Hall–Kier alpha value is -1.97.